The number of hydrogen-bond donors (Lipinski definition) is 2. The quantitative estimate of drug-likeness (QED) is 0.630. The molecule has 2 heteroatoms. The van der Waals surface area contributed by atoms with Crippen molar-refractivity contribution >= 4 is 0 Å². The molecule has 2 nitrogen and oxygen atoms in total. The maximum Gasteiger partial charge on any atom is 0.0771 e. The second kappa shape index (κ2) is 7.06. The lowest BCUT2D eigenvalue weighted by atomic mass is 9.94. The molecule has 0 radical (unpaired) electrons. The Bertz CT molecular complexity index is 381. The lowest BCUT2D eigenvalue weighted by Crippen LogP contribution is -2.40. The largest absolute Gasteiger partial charge is 0.389 e. The van der Waals surface area contributed by atoms with Gasteiger partial charge >= 0.3 is 0 Å². The summed E-state index contributed by atoms with van der Waals surface area (Å²) in [5.74, 6) is 0. The smallest absolute Gasteiger partial charge is 0.0771 e. The van der Waals surface area contributed by atoms with E-state index >= 15 is 0 Å². The zero-order valence-electron chi connectivity index (χ0n) is 12.1. The van der Waals surface area contributed by atoms with Crippen molar-refractivity contribution in [3.8, 4) is 0 Å². The Labute approximate surface area is 117 Å². The van der Waals surface area contributed by atoms with E-state index in [1.807, 2.05) is 0 Å². The summed E-state index contributed by atoms with van der Waals surface area (Å²) >= 11 is 0. The molecule has 0 aromatic heterocycles. The monoisotopic (exact) mass is 261 g/mol. The van der Waals surface area contributed by atoms with Crippen molar-refractivity contribution < 1.29 is 5.11 Å². The topological polar surface area (TPSA) is 32.3 Å². The molecule has 0 bridgehead atoms. The van der Waals surface area contributed by atoms with Gasteiger partial charge in [-0.3, -0.25) is 0 Å². The van der Waals surface area contributed by atoms with Gasteiger partial charge in [0.1, 0.15) is 0 Å². The average Bonchev–Trinajstić information content (AvgIpc) is 2.60. The lowest BCUT2D eigenvalue weighted by molar-refractivity contribution is 0.0256. The van der Waals surface area contributed by atoms with Gasteiger partial charge < -0.3 is 10.4 Å². The number of nitrogens with one attached hydrogen (secondary N) is 1. The summed E-state index contributed by atoms with van der Waals surface area (Å²) in [5.41, 5.74) is 2.24. The second-order valence-electron chi connectivity index (χ2n) is 6.05. The SMILES string of the molecule is Cc1cccc(CCNCC2(O)CCCCCC2)c1. The van der Waals surface area contributed by atoms with Crippen LogP contribution in [0.1, 0.15) is 49.7 Å². The first kappa shape index (κ1) is 14.5. The average molecular weight is 261 g/mol. The molecular formula is C17H27NO. The first-order valence-corrected chi connectivity index (χ1v) is 7.67. The molecule has 1 saturated carbocycles. The van der Waals surface area contributed by atoms with E-state index in [2.05, 4.69) is 36.5 Å². The molecule has 2 N–H and O–H groups in total. The normalized spacial score (nSPS) is 19.1. The van der Waals surface area contributed by atoms with Crippen molar-refractivity contribution in [3.05, 3.63) is 35.4 Å². The Morgan fingerprint density at radius 2 is 1.89 bits per heavy atom. The first-order chi connectivity index (χ1) is 9.18. The van der Waals surface area contributed by atoms with Crippen molar-refractivity contribution in [2.75, 3.05) is 13.1 Å². The number of hydrogen-bond acceptors (Lipinski definition) is 2. The number of aryl methyl sites for hydroxylation is 1. The Kier molecular flexibility index (Phi) is 5.41. The summed E-state index contributed by atoms with van der Waals surface area (Å²) in [6.45, 7) is 3.83. The highest BCUT2D eigenvalue weighted by Gasteiger charge is 2.27. The van der Waals surface area contributed by atoms with Crippen LogP contribution < -0.4 is 5.32 Å². The van der Waals surface area contributed by atoms with Gasteiger partial charge in [0.2, 0.25) is 0 Å². The van der Waals surface area contributed by atoms with E-state index < -0.39 is 5.60 Å². The van der Waals surface area contributed by atoms with E-state index in [-0.39, 0.29) is 0 Å². The van der Waals surface area contributed by atoms with Crippen LogP contribution >= 0.6 is 0 Å². The third kappa shape index (κ3) is 4.96. The van der Waals surface area contributed by atoms with Crippen LogP contribution in [0.4, 0.5) is 0 Å². The zero-order chi connectivity index (χ0) is 13.6. The summed E-state index contributed by atoms with van der Waals surface area (Å²) in [4.78, 5) is 0. The van der Waals surface area contributed by atoms with Gasteiger partial charge in [0.15, 0.2) is 0 Å². The Morgan fingerprint density at radius 1 is 1.16 bits per heavy atom. The summed E-state index contributed by atoms with van der Waals surface area (Å²) in [5, 5.41) is 14.0. The van der Waals surface area contributed by atoms with E-state index in [0.717, 1.165) is 32.4 Å². The van der Waals surface area contributed by atoms with Crippen LogP contribution in [0.5, 0.6) is 0 Å². The number of aliphatic hydroxyl groups is 1. The molecule has 1 aromatic carbocycles. The molecule has 1 aromatic rings. The van der Waals surface area contributed by atoms with Crippen molar-refractivity contribution in [2.45, 2.75) is 57.5 Å². The highest BCUT2D eigenvalue weighted by Crippen LogP contribution is 2.26. The second-order valence-corrected chi connectivity index (χ2v) is 6.05. The Morgan fingerprint density at radius 3 is 2.58 bits per heavy atom. The molecule has 0 aliphatic heterocycles. The fraction of sp³-hybridized carbons (Fsp3) is 0.647. The van der Waals surface area contributed by atoms with Gasteiger partial charge in [-0.2, -0.15) is 0 Å². The van der Waals surface area contributed by atoms with Crippen LogP contribution in [-0.4, -0.2) is 23.8 Å². The minimum Gasteiger partial charge on any atom is -0.389 e. The highest BCUT2D eigenvalue weighted by atomic mass is 16.3. The van der Waals surface area contributed by atoms with Crippen LogP contribution in [0.2, 0.25) is 0 Å². The van der Waals surface area contributed by atoms with Gasteiger partial charge in [0.05, 0.1) is 5.60 Å². The molecule has 0 spiro atoms. The molecule has 1 aliphatic carbocycles. The summed E-state index contributed by atoms with van der Waals surface area (Å²) < 4.78 is 0. The van der Waals surface area contributed by atoms with Crippen molar-refractivity contribution in [3.63, 3.8) is 0 Å². The predicted octanol–water partition coefficient (Wildman–Crippen LogP) is 3.21. The van der Waals surface area contributed by atoms with Crippen LogP contribution in [0.3, 0.4) is 0 Å². The van der Waals surface area contributed by atoms with Crippen molar-refractivity contribution in [1.29, 1.82) is 0 Å². The molecule has 106 valence electrons. The van der Waals surface area contributed by atoms with Gasteiger partial charge in [-0.15, -0.1) is 0 Å². The fourth-order valence-electron chi connectivity index (χ4n) is 2.98. The van der Waals surface area contributed by atoms with Crippen LogP contribution in [0, 0.1) is 6.92 Å². The molecule has 0 saturated heterocycles. The summed E-state index contributed by atoms with van der Waals surface area (Å²) in [7, 11) is 0. The minimum atomic E-state index is -0.455. The van der Waals surface area contributed by atoms with Gasteiger partial charge in [0, 0.05) is 6.54 Å². The molecule has 19 heavy (non-hydrogen) atoms. The molecule has 1 fully saturated rings. The van der Waals surface area contributed by atoms with E-state index in [0.29, 0.717) is 0 Å². The van der Waals surface area contributed by atoms with Crippen molar-refractivity contribution in [1.82, 2.24) is 5.32 Å². The molecule has 2 rings (SSSR count). The van der Waals surface area contributed by atoms with Crippen LogP contribution in [0.15, 0.2) is 24.3 Å². The molecule has 0 atom stereocenters. The number of rotatable bonds is 5. The number of benzene rings is 1. The zero-order valence-corrected chi connectivity index (χ0v) is 12.1. The van der Waals surface area contributed by atoms with Crippen LogP contribution in [0.25, 0.3) is 0 Å². The molecule has 0 unspecified atom stereocenters. The fourth-order valence-corrected chi connectivity index (χ4v) is 2.98. The molecule has 1 aliphatic rings. The van der Waals surface area contributed by atoms with Crippen molar-refractivity contribution in [2.24, 2.45) is 0 Å². The third-order valence-electron chi connectivity index (χ3n) is 4.16. The molecular weight excluding hydrogens is 234 g/mol. The maximum absolute atomic E-state index is 10.5. The maximum atomic E-state index is 10.5. The summed E-state index contributed by atoms with van der Waals surface area (Å²) in [6.07, 6.45) is 7.88. The van der Waals surface area contributed by atoms with E-state index in [1.54, 1.807) is 0 Å². The Balaban J connectivity index is 1.71. The molecule has 0 heterocycles. The predicted molar refractivity (Wildman–Crippen MR) is 80.4 cm³/mol. The van der Waals surface area contributed by atoms with Gasteiger partial charge in [-0.1, -0.05) is 55.5 Å². The van der Waals surface area contributed by atoms with Gasteiger partial charge in [-0.25, -0.2) is 0 Å². The van der Waals surface area contributed by atoms with Gasteiger partial charge in [-0.05, 0) is 38.3 Å². The van der Waals surface area contributed by atoms with Gasteiger partial charge in [0.25, 0.3) is 0 Å². The van der Waals surface area contributed by atoms with E-state index in [4.69, 9.17) is 0 Å². The van der Waals surface area contributed by atoms with Crippen LogP contribution in [-0.2, 0) is 6.42 Å². The van der Waals surface area contributed by atoms with E-state index in [9.17, 15) is 5.11 Å². The standard InChI is InChI=1S/C17H27NO/c1-15-7-6-8-16(13-15)9-12-18-14-17(19)10-4-2-3-5-11-17/h6-8,13,18-19H,2-5,9-12,14H2,1H3. The van der Waals surface area contributed by atoms with E-state index in [1.165, 1.54) is 36.8 Å². The lowest BCUT2D eigenvalue weighted by Gasteiger charge is -2.27. The first-order valence-electron chi connectivity index (χ1n) is 7.67. The molecule has 0 amide bonds. The summed E-state index contributed by atoms with van der Waals surface area (Å²) in [6, 6.07) is 8.66. The third-order valence-corrected chi connectivity index (χ3v) is 4.16. The highest BCUT2D eigenvalue weighted by molar-refractivity contribution is 5.22. The Hall–Kier alpha value is -0.860. The minimum absolute atomic E-state index is 0.455.